The van der Waals surface area contributed by atoms with Gasteiger partial charge in [0.15, 0.2) is 0 Å². The van der Waals surface area contributed by atoms with E-state index >= 15 is 0 Å². The van der Waals surface area contributed by atoms with Crippen LogP contribution in [0.15, 0.2) is 55.3 Å². The summed E-state index contributed by atoms with van der Waals surface area (Å²) >= 11 is 6.75. The molecule has 0 atom stereocenters. The van der Waals surface area contributed by atoms with Gasteiger partial charge in [0.1, 0.15) is 5.75 Å². The molecule has 9 nitrogen and oxygen atoms in total. The van der Waals surface area contributed by atoms with Crippen LogP contribution in [0.1, 0.15) is 18.5 Å². The zero-order valence-corrected chi connectivity index (χ0v) is 24.8. The largest absolute Gasteiger partial charge is 0.494 e. The first-order valence-corrected chi connectivity index (χ1v) is 14.1. The van der Waals surface area contributed by atoms with Crippen molar-refractivity contribution in [2.75, 3.05) is 56.9 Å². The minimum Gasteiger partial charge on any atom is -0.494 e. The number of halogens is 1. The molecule has 0 unspecified atom stereocenters. The fraction of sp³-hybridized carbons (Fsp3) is 0.323. The molecular formula is C31H36ClN7O2. The summed E-state index contributed by atoms with van der Waals surface area (Å²) in [6.07, 6.45) is 6.13. The number of ether oxygens (including phenoxy) is 1. The third-order valence-electron chi connectivity index (χ3n) is 7.41. The molecule has 1 amide bonds. The Kier molecular flexibility index (Phi) is 8.46. The van der Waals surface area contributed by atoms with Gasteiger partial charge in [0, 0.05) is 54.9 Å². The number of nitrogens with one attached hydrogen (secondary N) is 2. The first-order chi connectivity index (χ1) is 19.8. The van der Waals surface area contributed by atoms with Gasteiger partial charge in [-0.3, -0.25) is 4.79 Å². The van der Waals surface area contributed by atoms with Crippen molar-refractivity contribution < 1.29 is 9.53 Å². The number of benzene rings is 2. The zero-order chi connectivity index (χ0) is 29.1. The number of rotatable bonds is 10. The number of para-hydroxylation sites is 1. The Hall–Kier alpha value is -4.08. The van der Waals surface area contributed by atoms with E-state index in [1.54, 1.807) is 13.3 Å². The van der Waals surface area contributed by atoms with E-state index in [0.29, 0.717) is 33.8 Å². The van der Waals surface area contributed by atoms with Crippen LogP contribution in [0.2, 0.25) is 5.02 Å². The van der Waals surface area contributed by atoms with Gasteiger partial charge >= 0.3 is 0 Å². The first-order valence-electron chi connectivity index (χ1n) is 13.7. The second-order valence-corrected chi connectivity index (χ2v) is 10.9. The monoisotopic (exact) mass is 573 g/mol. The first kappa shape index (κ1) is 28.4. The maximum atomic E-state index is 12.3. The lowest BCUT2D eigenvalue weighted by atomic mass is 10.0. The summed E-state index contributed by atoms with van der Waals surface area (Å²) in [7, 11) is 7.64. The summed E-state index contributed by atoms with van der Waals surface area (Å²) in [6.45, 7) is 6.17. The van der Waals surface area contributed by atoms with Crippen molar-refractivity contribution in [3.63, 3.8) is 0 Å². The average Bonchev–Trinajstić information content (AvgIpc) is 3.31. The molecule has 2 aromatic heterocycles. The van der Waals surface area contributed by atoms with E-state index < -0.39 is 0 Å². The zero-order valence-electron chi connectivity index (χ0n) is 24.0. The molecule has 3 heterocycles. The molecule has 0 saturated carbocycles. The SMILES string of the molecule is C=CC(=O)Nc1cc(Nc2ncc(Cl)c(-c3c4n(c5ccccc35)CCCC4)n2)c(OC)cc1N(C)CCN(C)C. The number of methoxy groups -OCH3 is 1. The Labute approximate surface area is 245 Å². The summed E-state index contributed by atoms with van der Waals surface area (Å²) in [6, 6.07) is 12.1. The standard InChI is InChI=1S/C31H36ClN7O2/c1-6-28(40)34-22-17-23(27(41-5)18-26(22)38(4)16-15-37(2)3)35-31-33-19-21(32)30(36-31)29-20-11-7-8-12-24(20)39-14-10-9-13-25(29)39/h6-8,11-12,17-19H,1,9-10,13-16H2,2-5H3,(H,34,40)(H,33,35,36). The van der Waals surface area contributed by atoms with Crippen LogP contribution in [0.4, 0.5) is 23.0 Å². The van der Waals surface area contributed by atoms with Crippen LogP contribution in [-0.2, 0) is 17.8 Å². The number of fused-ring (bicyclic) bond motifs is 3. The highest BCUT2D eigenvalue weighted by Gasteiger charge is 2.24. The van der Waals surface area contributed by atoms with Crippen LogP contribution in [0, 0.1) is 0 Å². The number of aryl methyl sites for hydroxylation is 1. The minimum atomic E-state index is -0.307. The lowest BCUT2D eigenvalue weighted by Crippen LogP contribution is -2.29. The molecule has 4 aromatic rings. The fourth-order valence-electron chi connectivity index (χ4n) is 5.33. The second kappa shape index (κ2) is 12.2. The third kappa shape index (κ3) is 5.87. The van der Waals surface area contributed by atoms with Crippen molar-refractivity contribution in [1.29, 1.82) is 0 Å². The van der Waals surface area contributed by atoms with Crippen molar-refractivity contribution in [3.8, 4) is 17.0 Å². The van der Waals surface area contributed by atoms with E-state index in [4.69, 9.17) is 21.3 Å². The van der Waals surface area contributed by atoms with Crippen LogP contribution in [0.3, 0.4) is 0 Å². The highest BCUT2D eigenvalue weighted by Crippen LogP contribution is 2.41. The van der Waals surface area contributed by atoms with Gasteiger partial charge in [0.25, 0.3) is 0 Å². The van der Waals surface area contributed by atoms with E-state index in [-0.39, 0.29) is 5.91 Å². The number of aromatic nitrogens is 3. The van der Waals surface area contributed by atoms with Gasteiger partial charge in [0.2, 0.25) is 11.9 Å². The topological polar surface area (TPSA) is 87.5 Å². The van der Waals surface area contributed by atoms with Crippen molar-refractivity contribution in [3.05, 3.63) is 66.0 Å². The molecule has 0 saturated heterocycles. The molecule has 0 aliphatic carbocycles. The van der Waals surface area contributed by atoms with Gasteiger partial charge in [-0.1, -0.05) is 36.4 Å². The molecule has 1 aliphatic heterocycles. The minimum absolute atomic E-state index is 0.307. The highest BCUT2D eigenvalue weighted by molar-refractivity contribution is 6.33. The number of amides is 1. The Morgan fingerprint density at radius 1 is 1.17 bits per heavy atom. The van der Waals surface area contributed by atoms with Crippen LogP contribution >= 0.6 is 11.6 Å². The quantitative estimate of drug-likeness (QED) is 0.226. The lowest BCUT2D eigenvalue weighted by Gasteiger charge is -2.26. The molecule has 0 fully saturated rings. The summed E-state index contributed by atoms with van der Waals surface area (Å²) < 4.78 is 8.15. The third-order valence-corrected chi connectivity index (χ3v) is 7.68. The molecule has 2 N–H and O–H groups in total. The van der Waals surface area contributed by atoms with Gasteiger partial charge in [-0.15, -0.1) is 0 Å². The number of carbonyl (C=O) groups is 1. The van der Waals surface area contributed by atoms with Crippen LogP contribution in [0.5, 0.6) is 5.75 Å². The lowest BCUT2D eigenvalue weighted by molar-refractivity contribution is -0.111. The fourth-order valence-corrected chi connectivity index (χ4v) is 5.51. The second-order valence-electron chi connectivity index (χ2n) is 10.5. The predicted octanol–water partition coefficient (Wildman–Crippen LogP) is 5.96. The molecule has 10 heteroatoms. The summed E-state index contributed by atoms with van der Waals surface area (Å²) in [4.78, 5) is 25.9. The molecule has 1 aliphatic rings. The number of hydrogen-bond acceptors (Lipinski definition) is 7. The number of nitrogens with zero attached hydrogens (tertiary/aromatic N) is 5. The molecule has 5 rings (SSSR count). The maximum Gasteiger partial charge on any atom is 0.247 e. The van der Waals surface area contributed by atoms with E-state index in [2.05, 4.69) is 54.8 Å². The summed E-state index contributed by atoms with van der Waals surface area (Å²) in [5, 5.41) is 7.87. The van der Waals surface area contributed by atoms with Gasteiger partial charge in [0.05, 0.1) is 41.1 Å². The van der Waals surface area contributed by atoms with E-state index in [9.17, 15) is 4.79 Å². The Morgan fingerprint density at radius 3 is 2.73 bits per heavy atom. The molecule has 0 radical (unpaired) electrons. The van der Waals surface area contributed by atoms with Crippen molar-refractivity contribution in [1.82, 2.24) is 19.4 Å². The average molecular weight is 574 g/mol. The van der Waals surface area contributed by atoms with Crippen LogP contribution in [-0.4, -0.2) is 66.7 Å². The van der Waals surface area contributed by atoms with E-state index in [0.717, 1.165) is 55.5 Å². The van der Waals surface area contributed by atoms with E-state index in [1.165, 1.54) is 17.3 Å². The molecular weight excluding hydrogens is 538 g/mol. The van der Waals surface area contributed by atoms with Gasteiger partial charge < -0.3 is 29.7 Å². The van der Waals surface area contributed by atoms with Crippen molar-refractivity contribution >= 4 is 51.4 Å². The molecule has 0 spiro atoms. The van der Waals surface area contributed by atoms with Crippen molar-refractivity contribution in [2.24, 2.45) is 0 Å². The smallest absolute Gasteiger partial charge is 0.247 e. The number of hydrogen-bond donors (Lipinski definition) is 2. The molecule has 214 valence electrons. The number of likely N-dealkylation sites (N-methyl/N-ethyl adjacent to an activating group) is 2. The molecule has 41 heavy (non-hydrogen) atoms. The summed E-state index contributed by atoms with van der Waals surface area (Å²) in [5.41, 5.74) is 6.22. The van der Waals surface area contributed by atoms with Crippen LogP contribution in [0.25, 0.3) is 22.2 Å². The molecule has 0 bridgehead atoms. The van der Waals surface area contributed by atoms with Crippen LogP contribution < -0.4 is 20.3 Å². The van der Waals surface area contributed by atoms with Gasteiger partial charge in [-0.25, -0.2) is 9.97 Å². The Bertz CT molecular complexity index is 1600. The Balaban J connectivity index is 1.56. The predicted molar refractivity (Wildman–Crippen MR) is 168 cm³/mol. The van der Waals surface area contributed by atoms with E-state index in [1.807, 2.05) is 39.3 Å². The normalized spacial score (nSPS) is 12.7. The number of anilines is 4. The van der Waals surface area contributed by atoms with Gasteiger partial charge in [-0.05, 0) is 51.6 Å². The highest BCUT2D eigenvalue weighted by atomic mass is 35.5. The van der Waals surface area contributed by atoms with Gasteiger partial charge in [-0.2, -0.15) is 0 Å². The Morgan fingerprint density at radius 2 is 1.98 bits per heavy atom. The number of carbonyl (C=O) groups excluding carboxylic acids is 1. The molecule has 2 aromatic carbocycles. The van der Waals surface area contributed by atoms with Crippen molar-refractivity contribution in [2.45, 2.75) is 25.8 Å². The summed E-state index contributed by atoms with van der Waals surface area (Å²) in [5.74, 6) is 0.649. The maximum absolute atomic E-state index is 12.3.